The van der Waals surface area contributed by atoms with E-state index in [0.717, 1.165) is 44.2 Å². The number of alkyl halides is 3. The Balaban J connectivity index is 1.43. The van der Waals surface area contributed by atoms with Crippen molar-refractivity contribution in [2.45, 2.75) is 29.6 Å². The van der Waals surface area contributed by atoms with Gasteiger partial charge < -0.3 is 5.32 Å². The van der Waals surface area contributed by atoms with Crippen LogP contribution in [0.1, 0.15) is 16.8 Å². The zero-order valence-corrected chi connectivity index (χ0v) is 20.6. The van der Waals surface area contributed by atoms with Gasteiger partial charge in [-0.2, -0.15) is 13.2 Å². The second-order valence-electron chi connectivity index (χ2n) is 7.78. The Kier molecular flexibility index (Phi) is 6.36. The van der Waals surface area contributed by atoms with Crippen molar-refractivity contribution in [3.05, 3.63) is 69.6 Å². The van der Waals surface area contributed by atoms with Crippen molar-refractivity contribution in [1.82, 2.24) is 14.5 Å². The number of hydrogen-bond donors (Lipinski definition) is 1. The molecule has 1 amide bonds. The van der Waals surface area contributed by atoms with Gasteiger partial charge in [0.05, 0.1) is 37.8 Å². The largest absolute Gasteiger partial charge is 0.416 e. The van der Waals surface area contributed by atoms with Crippen molar-refractivity contribution < 1.29 is 18.0 Å². The van der Waals surface area contributed by atoms with Gasteiger partial charge in [0.2, 0.25) is 5.91 Å². The van der Waals surface area contributed by atoms with E-state index in [0.29, 0.717) is 27.9 Å². The number of carbonyl (C=O) groups is 1. The molecule has 0 unspecified atom stereocenters. The van der Waals surface area contributed by atoms with E-state index in [1.807, 2.05) is 25.1 Å². The average Bonchev–Trinajstić information content (AvgIpc) is 3.43. The number of amides is 1. The highest BCUT2D eigenvalue weighted by atomic mass is 32.2. The molecule has 0 radical (unpaired) electrons. The average molecular weight is 535 g/mol. The van der Waals surface area contributed by atoms with Crippen LogP contribution in [0.5, 0.6) is 0 Å². The summed E-state index contributed by atoms with van der Waals surface area (Å²) in [6.07, 6.45) is -3.97. The van der Waals surface area contributed by atoms with Gasteiger partial charge >= 0.3 is 6.18 Å². The fourth-order valence-corrected chi connectivity index (χ4v) is 6.44. The molecule has 1 N–H and O–H groups in total. The highest BCUT2D eigenvalue weighted by Crippen LogP contribution is 2.33. The van der Waals surface area contributed by atoms with Crippen molar-refractivity contribution in [3.8, 4) is 5.69 Å². The lowest BCUT2D eigenvalue weighted by Crippen LogP contribution is -2.25. The third-order valence-electron chi connectivity index (χ3n) is 5.22. The molecular formula is C23H17F3N4O2S3. The number of nitrogens with zero attached hydrogens (tertiary/aromatic N) is 3. The van der Waals surface area contributed by atoms with Crippen LogP contribution in [0, 0.1) is 6.92 Å². The second kappa shape index (κ2) is 9.32. The second-order valence-corrected chi connectivity index (χ2v) is 10.9. The van der Waals surface area contributed by atoms with Crippen LogP contribution in [0.3, 0.4) is 0 Å². The van der Waals surface area contributed by atoms with E-state index < -0.39 is 17.3 Å². The van der Waals surface area contributed by atoms with Gasteiger partial charge in [0, 0.05) is 12.2 Å². The number of anilines is 1. The molecule has 1 aliphatic heterocycles. The lowest BCUT2D eigenvalue weighted by Gasteiger charge is -2.15. The van der Waals surface area contributed by atoms with Gasteiger partial charge in [-0.25, -0.2) is 9.97 Å². The monoisotopic (exact) mass is 534 g/mol. The zero-order valence-electron chi connectivity index (χ0n) is 18.2. The van der Waals surface area contributed by atoms with Crippen LogP contribution < -0.4 is 10.9 Å². The summed E-state index contributed by atoms with van der Waals surface area (Å²) >= 11 is 3.69. The maximum absolute atomic E-state index is 13.3. The number of benzene rings is 2. The van der Waals surface area contributed by atoms with Gasteiger partial charge in [0.25, 0.3) is 5.56 Å². The molecule has 4 aromatic rings. The number of thiazole rings is 1. The molecular weight excluding hydrogens is 517 g/mol. The summed E-state index contributed by atoms with van der Waals surface area (Å²) in [6, 6.07) is 10.3. The summed E-state index contributed by atoms with van der Waals surface area (Å²) in [5.41, 5.74) is 1.23. The molecule has 2 aromatic carbocycles. The normalized spacial score (nSPS) is 13.3. The fraction of sp³-hybridized carbons (Fsp3) is 0.217. The standard InChI is InChI=1S/C23H17F3N4O2S3/c1-12-5-6-15-17(9-12)35-21(27-15)29-18(31)11-34-22-28-16-7-8-33-19(16)20(32)30(22)14-4-2-3-13(10-14)23(24,25)26/h2-6,9-10H,7-8,11H2,1H3,(H,27,29,31). The van der Waals surface area contributed by atoms with Crippen molar-refractivity contribution in [3.63, 3.8) is 0 Å². The minimum atomic E-state index is -4.55. The molecule has 180 valence electrons. The van der Waals surface area contributed by atoms with Crippen LogP contribution in [0.15, 0.2) is 57.3 Å². The van der Waals surface area contributed by atoms with Gasteiger partial charge in [-0.15, -0.1) is 11.8 Å². The maximum atomic E-state index is 13.3. The summed E-state index contributed by atoms with van der Waals surface area (Å²) < 4.78 is 42.0. The topological polar surface area (TPSA) is 76.9 Å². The van der Waals surface area contributed by atoms with Gasteiger partial charge in [-0.05, 0) is 42.8 Å². The quantitative estimate of drug-likeness (QED) is 0.267. The van der Waals surface area contributed by atoms with Gasteiger partial charge in [0.1, 0.15) is 0 Å². The molecule has 12 heteroatoms. The molecule has 0 bridgehead atoms. The number of aryl methyl sites for hydroxylation is 2. The number of nitrogens with one attached hydrogen (secondary N) is 1. The first-order valence-corrected chi connectivity index (χ1v) is 13.2. The summed E-state index contributed by atoms with van der Waals surface area (Å²) in [5, 5.41) is 3.38. The fourth-order valence-electron chi connectivity index (χ4n) is 3.61. The van der Waals surface area contributed by atoms with Crippen molar-refractivity contribution in [2.75, 3.05) is 16.8 Å². The molecule has 6 nitrogen and oxygen atoms in total. The number of fused-ring (bicyclic) bond motifs is 2. The van der Waals surface area contributed by atoms with Crippen LogP contribution >= 0.6 is 34.9 Å². The molecule has 0 spiro atoms. The number of thioether (sulfide) groups is 2. The smallest absolute Gasteiger partial charge is 0.301 e. The van der Waals surface area contributed by atoms with Crippen LogP contribution in [0.25, 0.3) is 15.9 Å². The van der Waals surface area contributed by atoms with E-state index in [1.165, 1.54) is 35.2 Å². The van der Waals surface area contributed by atoms with Crippen LogP contribution in [0.4, 0.5) is 18.3 Å². The van der Waals surface area contributed by atoms with E-state index >= 15 is 0 Å². The van der Waals surface area contributed by atoms with E-state index in [4.69, 9.17) is 0 Å². The number of halogens is 3. The molecule has 3 heterocycles. The lowest BCUT2D eigenvalue weighted by molar-refractivity contribution is -0.137. The van der Waals surface area contributed by atoms with E-state index in [2.05, 4.69) is 15.3 Å². The van der Waals surface area contributed by atoms with Gasteiger partial charge in [-0.1, -0.05) is 35.2 Å². The predicted molar refractivity (Wildman–Crippen MR) is 133 cm³/mol. The number of carbonyl (C=O) groups excluding carboxylic acids is 1. The molecule has 0 saturated heterocycles. The predicted octanol–water partition coefficient (Wildman–Crippen LogP) is 5.55. The van der Waals surface area contributed by atoms with Crippen LogP contribution in [0.2, 0.25) is 0 Å². The lowest BCUT2D eigenvalue weighted by atomic mass is 10.2. The highest BCUT2D eigenvalue weighted by Gasteiger charge is 2.31. The first-order valence-electron chi connectivity index (χ1n) is 10.5. The van der Waals surface area contributed by atoms with E-state index in [9.17, 15) is 22.8 Å². The Morgan fingerprint density at radius 2 is 2.03 bits per heavy atom. The number of aromatic nitrogens is 3. The van der Waals surface area contributed by atoms with Crippen molar-refractivity contribution >= 4 is 56.1 Å². The molecule has 0 atom stereocenters. The highest BCUT2D eigenvalue weighted by molar-refractivity contribution is 8.00. The molecule has 1 aliphatic rings. The first-order chi connectivity index (χ1) is 16.7. The van der Waals surface area contributed by atoms with Crippen molar-refractivity contribution in [2.24, 2.45) is 0 Å². The molecule has 2 aromatic heterocycles. The Labute approximate surface area is 210 Å². The molecule has 35 heavy (non-hydrogen) atoms. The zero-order chi connectivity index (χ0) is 24.7. The maximum Gasteiger partial charge on any atom is 0.416 e. The minimum absolute atomic E-state index is 0.0528. The number of hydrogen-bond acceptors (Lipinski definition) is 7. The van der Waals surface area contributed by atoms with Gasteiger partial charge in [0.15, 0.2) is 10.3 Å². The number of rotatable bonds is 5. The molecule has 0 saturated carbocycles. The van der Waals surface area contributed by atoms with Crippen molar-refractivity contribution in [1.29, 1.82) is 0 Å². The van der Waals surface area contributed by atoms with Gasteiger partial charge in [-0.3, -0.25) is 14.2 Å². The molecule has 0 fully saturated rings. The Morgan fingerprint density at radius 1 is 1.20 bits per heavy atom. The van der Waals surface area contributed by atoms with E-state index in [-0.39, 0.29) is 22.5 Å². The third-order valence-corrected chi connectivity index (χ3v) is 8.20. The Hall–Kier alpha value is -2.83. The Bertz CT molecular complexity index is 1510. The van der Waals surface area contributed by atoms with Crippen LogP contribution in [-0.4, -0.2) is 31.9 Å². The van der Waals surface area contributed by atoms with Crippen LogP contribution in [-0.2, 0) is 17.4 Å². The third kappa shape index (κ3) is 4.95. The summed E-state index contributed by atoms with van der Waals surface area (Å²) in [5.74, 6) is 0.225. The summed E-state index contributed by atoms with van der Waals surface area (Å²) in [7, 11) is 0. The summed E-state index contributed by atoms with van der Waals surface area (Å²) in [6.45, 7) is 1.97. The summed E-state index contributed by atoms with van der Waals surface area (Å²) in [4.78, 5) is 35.2. The molecule has 5 rings (SSSR count). The first kappa shape index (κ1) is 23.9. The molecule has 0 aliphatic carbocycles. The Morgan fingerprint density at radius 3 is 2.83 bits per heavy atom. The SMILES string of the molecule is Cc1ccc2nc(NC(=O)CSc3nc4c(c(=O)n3-c3cccc(C(F)(F)F)c3)SCC4)sc2c1. The minimum Gasteiger partial charge on any atom is -0.301 e. The van der Waals surface area contributed by atoms with E-state index in [1.54, 1.807) is 0 Å².